The molecule has 0 bridgehead atoms. The van der Waals surface area contributed by atoms with Gasteiger partial charge in [-0.15, -0.1) is 0 Å². The number of benzene rings is 1. The monoisotopic (exact) mass is 468 g/mol. The van der Waals surface area contributed by atoms with Gasteiger partial charge in [-0.2, -0.15) is 0 Å². The van der Waals surface area contributed by atoms with E-state index in [0.29, 0.717) is 35.7 Å². The quantitative estimate of drug-likeness (QED) is 0.486. The van der Waals surface area contributed by atoms with E-state index in [1.165, 1.54) is 11.7 Å². The summed E-state index contributed by atoms with van der Waals surface area (Å²) >= 11 is 0. The number of pyridine rings is 1. The molecule has 0 aliphatic heterocycles. The Morgan fingerprint density at radius 1 is 1.21 bits per heavy atom. The minimum absolute atomic E-state index is 0.0339. The van der Waals surface area contributed by atoms with Gasteiger partial charge in [-0.3, -0.25) is 19.1 Å². The van der Waals surface area contributed by atoms with Crippen molar-refractivity contribution in [2.75, 3.05) is 19.0 Å². The predicted octanol–water partition coefficient (Wildman–Crippen LogP) is 2.73. The van der Waals surface area contributed by atoms with Crippen LogP contribution < -0.4 is 21.3 Å². The molecule has 10 nitrogen and oxygen atoms in total. The molecule has 0 saturated carbocycles. The maximum Gasteiger partial charge on any atom is 0.343 e. The summed E-state index contributed by atoms with van der Waals surface area (Å²) in [5.74, 6) is -0.606. The number of hydrogen-bond donors (Lipinski definition) is 2. The van der Waals surface area contributed by atoms with Crippen molar-refractivity contribution in [2.45, 2.75) is 46.6 Å². The van der Waals surface area contributed by atoms with E-state index in [9.17, 15) is 19.2 Å². The second-order valence-corrected chi connectivity index (χ2v) is 8.15. The lowest BCUT2D eigenvalue weighted by atomic mass is 10.0. The van der Waals surface area contributed by atoms with E-state index in [2.05, 4.69) is 20.0 Å². The Hall–Kier alpha value is -3.95. The summed E-state index contributed by atoms with van der Waals surface area (Å²) in [5, 5.41) is 2.89. The zero-order valence-corrected chi connectivity index (χ0v) is 19.9. The van der Waals surface area contributed by atoms with Gasteiger partial charge >= 0.3 is 11.7 Å². The average Bonchev–Trinajstić information content (AvgIpc) is 2.80. The van der Waals surface area contributed by atoms with E-state index < -0.39 is 23.1 Å². The van der Waals surface area contributed by atoms with Crippen molar-refractivity contribution in [1.82, 2.24) is 14.5 Å². The first-order valence-corrected chi connectivity index (χ1v) is 11.0. The number of aromatic amines is 1. The third kappa shape index (κ3) is 5.16. The smallest absolute Gasteiger partial charge is 0.343 e. The number of amides is 1. The average molecular weight is 469 g/mol. The Morgan fingerprint density at radius 2 is 1.94 bits per heavy atom. The van der Waals surface area contributed by atoms with Crippen LogP contribution in [0.25, 0.3) is 11.0 Å². The number of ether oxygens (including phenoxy) is 2. The maximum absolute atomic E-state index is 13.3. The second-order valence-electron chi connectivity index (χ2n) is 8.15. The molecular weight excluding hydrogens is 440 g/mol. The minimum atomic E-state index is -0.663. The van der Waals surface area contributed by atoms with Crippen molar-refractivity contribution in [3.8, 4) is 5.75 Å². The highest BCUT2D eigenvalue weighted by Crippen LogP contribution is 2.24. The van der Waals surface area contributed by atoms with Gasteiger partial charge in [0.1, 0.15) is 5.75 Å². The lowest BCUT2D eigenvalue weighted by Crippen LogP contribution is -2.32. The van der Waals surface area contributed by atoms with Crippen LogP contribution in [0.5, 0.6) is 5.75 Å². The first-order valence-electron chi connectivity index (χ1n) is 11.0. The number of methoxy groups -OCH3 is 1. The first-order chi connectivity index (χ1) is 16.2. The second kappa shape index (κ2) is 10.3. The van der Waals surface area contributed by atoms with Gasteiger partial charge in [0, 0.05) is 17.9 Å². The van der Waals surface area contributed by atoms with E-state index in [1.807, 2.05) is 20.8 Å². The van der Waals surface area contributed by atoms with Crippen molar-refractivity contribution in [3.63, 3.8) is 0 Å². The molecule has 180 valence electrons. The van der Waals surface area contributed by atoms with Gasteiger partial charge in [0.05, 0.1) is 18.1 Å². The fourth-order valence-electron chi connectivity index (χ4n) is 3.46. The number of carbonyl (C=O) groups is 2. The van der Waals surface area contributed by atoms with E-state index >= 15 is 0 Å². The molecule has 2 aromatic heterocycles. The van der Waals surface area contributed by atoms with Gasteiger partial charge in [-0.05, 0) is 49.1 Å². The minimum Gasteiger partial charge on any atom is -0.482 e. The summed E-state index contributed by atoms with van der Waals surface area (Å²) in [6.45, 7) is 7.64. The zero-order valence-electron chi connectivity index (χ0n) is 19.9. The summed E-state index contributed by atoms with van der Waals surface area (Å²) in [7, 11) is 1.27. The van der Waals surface area contributed by atoms with E-state index in [1.54, 1.807) is 31.2 Å². The summed E-state index contributed by atoms with van der Waals surface area (Å²) in [6, 6.07) is 6.52. The SMILES string of the molecule is CCCn1c(=O)[nH]c(=O)c2c(C(=O)Nc3ccc(OCC(=O)OC)cc3C)cc(C(C)C)nc21. The maximum atomic E-state index is 13.3. The lowest BCUT2D eigenvalue weighted by Gasteiger charge is -2.15. The van der Waals surface area contributed by atoms with Gasteiger partial charge in [0.2, 0.25) is 0 Å². The van der Waals surface area contributed by atoms with E-state index in [4.69, 9.17) is 4.74 Å². The number of aryl methyl sites for hydroxylation is 2. The van der Waals surface area contributed by atoms with Crippen molar-refractivity contribution >= 4 is 28.6 Å². The van der Waals surface area contributed by atoms with Gasteiger partial charge in [-0.25, -0.2) is 14.6 Å². The van der Waals surface area contributed by atoms with Gasteiger partial charge in [0.15, 0.2) is 12.3 Å². The molecule has 1 amide bonds. The van der Waals surface area contributed by atoms with Gasteiger partial charge in [0.25, 0.3) is 11.5 Å². The van der Waals surface area contributed by atoms with E-state index in [0.717, 1.165) is 0 Å². The number of esters is 1. The van der Waals surface area contributed by atoms with Crippen molar-refractivity contribution in [1.29, 1.82) is 0 Å². The van der Waals surface area contributed by atoms with Crippen LogP contribution in [0.2, 0.25) is 0 Å². The summed E-state index contributed by atoms with van der Waals surface area (Å²) < 4.78 is 11.3. The number of anilines is 1. The lowest BCUT2D eigenvalue weighted by molar-refractivity contribution is -0.142. The number of nitrogens with one attached hydrogen (secondary N) is 2. The summed E-state index contributed by atoms with van der Waals surface area (Å²) in [6.07, 6.45) is 0.653. The Balaban J connectivity index is 2.04. The third-order valence-corrected chi connectivity index (χ3v) is 5.28. The van der Waals surface area contributed by atoms with Gasteiger partial charge in [-0.1, -0.05) is 20.8 Å². The number of rotatable bonds is 8. The molecular formula is C24H28N4O6. The molecule has 0 radical (unpaired) electrons. The predicted molar refractivity (Wildman–Crippen MR) is 128 cm³/mol. The molecule has 1 aromatic carbocycles. The number of carbonyl (C=O) groups excluding carboxylic acids is 2. The summed E-state index contributed by atoms with van der Waals surface area (Å²) in [4.78, 5) is 56.6. The fraction of sp³-hybridized carbons (Fsp3) is 0.375. The van der Waals surface area contributed by atoms with Crippen molar-refractivity contribution < 1.29 is 19.1 Å². The highest BCUT2D eigenvalue weighted by atomic mass is 16.6. The van der Waals surface area contributed by atoms with Crippen LogP contribution in [0, 0.1) is 6.92 Å². The molecule has 0 spiro atoms. The van der Waals surface area contributed by atoms with Crippen LogP contribution >= 0.6 is 0 Å². The number of nitrogens with zero attached hydrogens (tertiary/aromatic N) is 2. The van der Waals surface area contributed by atoms with Gasteiger partial charge < -0.3 is 14.8 Å². The molecule has 0 saturated heterocycles. The largest absolute Gasteiger partial charge is 0.482 e. The first kappa shape index (κ1) is 24.7. The third-order valence-electron chi connectivity index (χ3n) is 5.28. The number of fused-ring (bicyclic) bond motifs is 1. The van der Waals surface area contributed by atoms with Crippen LogP contribution in [0.1, 0.15) is 54.7 Å². The molecule has 0 aliphatic rings. The zero-order chi connectivity index (χ0) is 25.0. The topological polar surface area (TPSA) is 132 Å². The highest BCUT2D eigenvalue weighted by Gasteiger charge is 2.21. The molecule has 3 aromatic rings. The molecule has 0 fully saturated rings. The normalized spacial score (nSPS) is 11.0. The van der Waals surface area contributed by atoms with E-state index in [-0.39, 0.29) is 29.1 Å². The van der Waals surface area contributed by atoms with Crippen LogP contribution in [-0.4, -0.2) is 40.1 Å². The van der Waals surface area contributed by atoms with Crippen LogP contribution in [0.15, 0.2) is 33.9 Å². The standard InChI is InChI=1S/C24H28N4O6/c1-6-9-28-21-20(23(31)27-24(28)32)16(11-18(25-21)13(2)3)22(30)26-17-8-7-15(10-14(17)4)34-12-19(29)33-5/h7-8,10-11,13H,6,9,12H2,1-5H3,(H,26,30)(H,27,31,32). The molecule has 2 N–H and O–H groups in total. The fourth-order valence-corrected chi connectivity index (χ4v) is 3.46. The van der Waals surface area contributed by atoms with Crippen molar-refractivity contribution in [2.24, 2.45) is 0 Å². The molecule has 3 rings (SSSR count). The van der Waals surface area contributed by atoms with Crippen molar-refractivity contribution in [3.05, 3.63) is 61.9 Å². The Kier molecular flexibility index (Phi) is 7.50. The van der Waals surface area contributed by atoms with Crippen LogP contribution in [0.3, 0.4) is 0 Å². The highest BCUT2D eigenvalue weighted by molar-refractivity contribution is 6.12. The number of H-pyrrole nitrogens is 1. The van der Waals surface area contributed by atoms with Crippen LogP contribution in [-0.2, 0) is 16.1 Å². The molecule has 0 aliphatic carbocycles. The van der Waals surface area contributed by atoms with Crippen LogP contribution in [0.4, 0.5) is 5.69 Å². The molecule has 0 unspecified atom stereocenters. The Morgan fingerprint density at radius 3 is 2.56 bits per heavy atom. The molecule has 10 heteroatoms. The molecule has 34 heavy (non-hydrogen) atoms. The summed E-state index contributed by atoms with van der Waals surface area (Å²) in [5.41, 5.74) is 0.886. The molecule has 0 atom stereocenters. The number of aromatic nitrogens is 3. The Labute approximate surface area is 195 Å². The number of hydrogen-bond acceptors (Lipinski definition) is 7. The molecule has 2 heterocycles. The Bertz CT molecular complexity index is 1360.